The van der Waals surface area contributed by atoms with Crippen LogP contribution in [0.1, 0.15) is 112 Å². The molecule has 2 atom stereocenters. The van der Waals surface area contributed by atoms with E-state index >= 15 is 4.39 Å². The van der Waals surface area contributed by atoms with Gasteiger partial charge in [0, 0.05) is 62.8 Å². The van der Waals surface area contributed by atoms with Gasteiger partial charge in [-0.3, -0.25) is 19.8 Å². The maximum atomic E-state index is 15.4. The number of carbonyl (C=O) groups excluding carboxylic acids is 1. The van der Waals surface area contributed by atoms with E-state index in [1.54, 1.807) is 13.0 Å². The summed E-state index contributed by atoms with van der Waals surface area (Å²) in [7, 11) is -4.70. The summed E-state index contributed by atoms with van der Waals surface area (Å²) in [4.78, 5) is 36.1. The fourth-order valence-electron chi connectivity index (χ4n) is 10.8. The van der Waals surface area contributed by atoms with E-state index in [0.29, 0.717) is 56.0 Å². The van der Waals surface area contributed by atoms with Gasteiger partial charge in [-0.25, -0.2) is 17.5 Å². The lowest BCUT2D eigenvalue weighted by Gasteiger charge is -2.57. The number of benzene rings is 3. The van der Waals surface area contributed by atoms with E-state index in [1.807, 2.05) is 4.72 Å². The van der Waals surface area contributed by atoms with Gasteiger partial charge in [0.2, 0.25) is 0 Å². The fraction of sp³-hybridized carbons (Fsp3) is 0.469. The molecule has 350 valence electrons. The summed E-state index contributed by atoms with van der Waals surface area (Å²) in [5.41, 5.74) is 2.33. The van der Waals surface area contributed by atoms with E-state index in [2.05, 4.69) is 63.2 Å². The molecule has 2 aliphatic heterocycles. The number of pyridine rings is 1. The van der Waals surface area contributed by atoms with Crippen LogP contribution in [0.5, 0.6) is 11.5 Å². The third-order valence-corrected chi connectivity index (χ3v) is 16.0. The Hall–Kier alpha value is -5.65. The number of aliphatic hydroxyl groups is 1. The molecule has 14 nitrogen and oxygen atoms in total. The first-order valence-corrected chi connectivity index (χ1v) is 24.5. The minimum absolute atomic E-state index is 0.0469. The van der Waals surface area contributed by atoms with Crippen LogP contribution in [-0.2, 0) is 10.0 Å². The second kappa shape index (κ2) is 17.9. The molecule has 2 aliphatic carbocycles. The number of rotatable bonds is 13. The molecule has 0 unspecified atom stereocenters. The van der Waals surface area contributed by atoms with Gasteiger partial charge in [0.05, 0.1) is 26.4 Å². The molecule has 9 rings (SSSR count). The molecule has 4 N–H and O–H groups in total. The van der Waals surface area contributed by atoms with Gasteiger partial charge in [0.15, 0.2) is 5.75 Å². The van der Waals surface area contributed by atoms with Crippen molar-refractivity contribution in [3.8, 4) is 11.5 Å². The SMILES string of the molecule is CC(C)c1ccccc1[C@H]1CCC[C@H]1N1CC2(CCN(c3ccc(C(=O)NS(=O)(=O)c4ccc(NC[C@H]5CC[C@](C)(O)CC5)c([N+](=O)[O-])c4)c(Oc4cc5c(F)c[nH]c5nc4F)c3)CC2)C1. The lowest BCUT2D eigenvalue weighted by Crippen LogP contribution is -2.63. The molecule has 4 fully saturated rings. The number of carbonyl (C=O) groups is 1. The second-order valence-electron chi connectivity index (χ2n) is 19.6. The molecule has 2 saturated carbocycles. The van der Waals surface area contributed by atoms with E-state index in [-0.39, 0.29) is 39.4 Å². The quantitative estimate of drug-likeness (QED) is 0.0502. The first kappa shape index (κ1) is 45.5. The van der Waals surface area contributed by atoms with Crippen molar-refractivity contribution in [2.24, 2.45) is 11.3 Å². The van der Waals surface area contributed by atoms with Gasteiger partial charge < -0.3 is 25.0 Å². The summed E-state index contributed by atoms with van der Waals surface area (Å²) in [5.74, 6) is -2.44. The lowest BCUT2D eigenvalue weighted by molar-refractivity contribution is -0.384. The van der Waals surface area contributed by atoms with Crippen molar-refractivity contribution in [3.05, 3.63) is 111 Å². The summed E-state index contributed by atoms with van der Waals surface area (Å²) >= 11 is 0. The Morgan fingerprint density at radius 3 is 2.47 bits per heavy atom. The normalized spacial score (nSPS) is 23.3. The monoisotopic (exact) mass is 925 g/mol. The van der Waals surface area contributed by atoms with E-state index in [4.69, 9.17) is 4.74 Å². The standard InChI is InChI=1S/C49H57F2N7O7S/c1-30(2)34-7-4-5-8-35(34)36-9-6-10-41(36)57-28-49(29-57)19-21-56(22-20-49)32-11-13-37(43(23-32)65-44-25-38-39(50)27-53-46(38)54-45(44)51)47(59)55-66(63,64)33-12-14-40(42(24-33)58(61)62)52-26-31-15-17-48(3,60)18-16-31/h4-5,7-8,11-14,23-25,27,30-31,36,41,52,60H,6,9-10,15-22,26,28-29H2,1-3H3,(H,53,54)(H,55,59)/t31-,36-,41-,48-/m1/s1. The highest BCUT2D eigenvalue weighted by Crippen LogP contribution is 2.49. The van der Waals surface area contributed by atoms with Crippen LogP contribution >= 0.6 is 0 Å². The summed E-state index contributed by atoms with van der Waals surface area (Å²) in [5, 5.41) is 25.5. The molecule has 0 radical (unpaired) electrons. The number of hydrogen-bond acceptors (Lipinski definition) is 11. The van der Waals surface area contributed by atoms with Crippen LogP contribution in [0.15, 0.2) is 77.8 Å². The highest BCUT2D eigenvalue weighted by Gasteiger charge is 2.49. The Balaban J connectivity index is 0.917. The predicted octanol–water partition coefficient (Wildman–Crippen LogP) is 9.38. The number of nitro benzene ring substituents is 1. The van der Waals surface area contributed by atoms with Crippen molar-refractivity contribution >= 4 is 44.0 Å². The van der Waals surface area contributed by atoms with Gasteiger partial charge in [-0.15, -0.1) is 0 Å². The molecule has 4 aliphatic rings. The summed E-state index contributed by atoms with van der Waals surface area (Å²) in [6, 6.07) is 18.5. The van der Waals surface area contributed by atoms with Gasteiger partial charge in [0.25, 0.3) is 27.6 Å². The predicted molar refractivity (Wildman–Crippen MR) is 248 cm³/mol. The zero-order valence-electron chi connectivity index (χ0n) is 37.5. The lowest BCUT2D eigenvalue weighted by atomic mass is 9.70. The number of amides is 1. The molecule has 66 heavy (non-hydrogen) atoms. The maximum Gasteiger partial charge on any atom is 0.293 e. The zero-order chi connectivity index (χ0) is 46.5. The highest BCUT2D eigenvalue weighted by atomic mass is 32.2. The molecule has 3 aromatic carbocycles. The molecule has 4 heterocycles. The van der Waals surface area contributed by atoms with Gasteiger partial charge >= 0.3 is 0 Å². The number of piperidine rings is 1. The largest absolute Gasteiger partial charge is 0.452 e. The molecule has 1 amide bonds. The zero-order valence-corrected chi connectivity index (χ0v) is 38.3. The molecular weight excluding hydrogens is 869 g/mol. The number of halogens is 2. The van der Waals surface area contributed by atoms with E-state index in [0.717, 1.165) is 57.1 Å². The number of ether oxygens (including phenoxy) is 1. The molecule has 2 aromatic heterocycles. The fourth-order valence-corrected chi connectivity index (χ4v) is 11.8. The van der Waals surface area contributed by atoms with Crippen LogP contribution in [0, 0.1) is 33.2 Å². The van der Waals surface area contributed by atoms with Crippen LogP contribution < -0.4 is 19.7 Å². The minimum Gasteiger partial charge on any atom is -0.452 e. The number of sulfonamides is 1. The number of fused-ring (bicyclic) bond motifs is 1. The molecule has 1 spiro atoms. The van der Waals surface area contributed by atoms with Crippen LogP contribution in [0.3, 0.4) is 0 Å². The first-order valence-electron chi connectivity index (χ1n) is 23.0. The van der Waals surface area contributed by atoms with Gasteiger partial charge in [-0.2, -0.15) is 9.37 Å². The third kappa shape index (κ3) is 9.21. The van der Waals surface area contributed by atoms with E-state index in [9.17, 15) is 32.8 Å². The molecular formula is C49H57F2N7O7S. The van der Waals surface area contributed by atoms with Gasteiger partial charge in [0.1, 0.15) is 22.9 Å². The molecule has 5 aromatic rings. The topological polar surface area (TPSA) is 183 Å². The Morgan fingerprint density at radius 2 is 1.74 bits per heavy atom. The van der Waals surface area contributed by atoms with Crippen LogP contribution in [0.25, 0.3) is 11.0 Å². The van der Waals surface area contributed by atoms with Crippen molar-refractivity contribution < 1.29 is 36.8 Å². The smallest absolute Gasteiger partial charge is 0.293 e. The Kier molecular flexibility index (Phi) is 12.3. The van der Waals surface area contributed by atoms with Crippen molar-refractivity contribution in [2.45, 2.75) is 107 Å². The second-order valence-corrected chi connectivity index (χ2v) is 21.2. The van der Waals surface area contributed by atoms with Crippen LogP contribution in [0.4, 0.5) is 25.8 Å². The van der Waals surface area contributed by atoms with Crippen molar-refractivity contribution in [1.29, 1.82) is 0 Å². The number of anilines is 2. The number of aromatic amines is 1. The molecule has 17 heteroatoms. The van der Waals surface area contributed by atoms with E-state index < -0.39 is 54.6 Å². The average Bonchev–Trinajstić information content (AvgIpc) is 3.91. The number of nitrogens with zero attached hydrogens (tertiary/aromatic N) is 4. The van der Waals surface area contributed by atoms with Crippen molar-refractivity contribution in [1.82, 2.24) is 19.6 Å². The first-order chi connectivity index (χ1) is 31.5. The van der Waals surface area contributed by atoms with Crippen molar-refractivity contribution in [3.63, 3.8) is 0 Å². The summed E-state index contributed by atoms with van der Waals surface area (Å²) < 4.78 is 65.5. The Morgan fingerprint density at radius 1 is 1.00 bits per heavy atom. The van der Waals surface area contributed by atoms with Gasteiger partial charge in [-0.1, -0.05) is 44.5 Å². The number of likely N-dealkylation sites (tertiary alicyclic amines) is 1. The Bertz CT molecular complexity index is 2760. The number of nitrogens with one attached hydrogen (secondary N) is 3. The molecule has 0 bridgehead atoms. The minimum atomic E-state index is -4.70. The average molecular weight is 926 g/mol. The maximum absolute atomic E-state index is 15.4. The number of nitro groups is 1. The third-order valence-electron chi connectivity index (χ3n) is 14.7. The Labute approximate surface area is 383 Å². The number of H-pyrrole nitrogens is 1. The molecule has 2 saturated heterocycles. The number of hydrogen-bond donors (Lipinski definition) is 4. The van der Waals surface area contributed by atoms with Crippen LogP contribution in [0.2, 0.25) is 0 Å². The summed E-state index contributed by atoms with van der Waals surface area (Å²) in [6.07, 6.45) is 9.19. The van der Waals surface area contributed by atoms with E-state index in [1.165, 1.54) is 54.7 Å². The van der Waals surface area contributed by atoms with Gasteiger partial charge in [-0.05, 0) is 123 Å². The summed E-state index contributed by atoms with van der Waals surface area (Å²) in [6.45, 7) is 10.2. The van der Waals surface area contributed by atoms with Crippen LogP contribution in [-0.4, -0.2) is 83.6 Å². The number of aromatic nitrogens is 2. The van der Waals surface area contributed by atoms with Crippen molar-refractivity contribution in [2.75, 3.05) is 42.9 Å². The highest BCUT2D eigenvalue weighted by molar-refractivity contribution is 7.90.